The molecule has 1 aromatic rings. The number of hydrogen-bond acceptors (Lipinski definition) is 2. The molecule has 0 saturated carbocycles. The summed E-state index contributed by atoms with van der Waals surface area (Å²) in [5.74, 6) is -1.77. The number of carboxylic acids is 1. The van der Waals surface area contributed by atoms with Gasteiger partial charge in [0.1, 0.15) is 0 Å². The molecule has 0 aromatic heterocycles. The fourth-order valence-corrected chi connectivity index (χ4v) is 2.59. The Labute approximate surface area is 131 Å². The Bertz CT molecular complexity index is 581. The minimum atomic E-state index is -2.32. The van der Waals surface area contributed by atoms with Gasteiger partial charge in [-0.05, 0) is 24.1 Å². The van der Waals surface area contributed by atoms with Gasteiger partial charge in [0.2, 0.25) is 11.6 Å². The van der Waals surface area contributed by atoms with Crippen molar-refractivity contribution in [1.29, 1.82) is 0 Å². The predicted octanol–water partition coefficient (Wildman–Crippen LogP) is 2.95. The second-order valence-electron chi connectivity index (χ2n) is 5.08. The third-order valence-electron chi connectivity index (χ3n) is 3.57. The molecular weight excluding hydrogens is 320 g/mol. The minimum absolute atomic E-state index is 0.128. The normalized spacial score (nSPS) is 21.6. The molecule has 1 heterocycles. The van der Waals surface area contributed by atoms with Gasteiger partial charge < -0.3 is 10.0 Å². The van der Waals surface area contributed by atoms with E-state index in [2.05, 4.69) is 0 Å². The summed E-state index contributed by atoms with van der Waals surface area (Å²) in [5.41, 5.74) is -1.47. The molecule has 1 N–H and O–H groups in total. The van der Waals surface area contributed by atoms with Crippen molar-refractivity contribution in [3.05, 3.63) is 33.8 Å². The smallest absolute Gasteiger partial charge is 0.343 e. The molecule has 1 aliphatic heterocycles. The Balaban J connectivity index is 1.91. The number of nitrogens with zero attached hydrogens (tertiary/aromatic N) is 1. The highest BCUT2D eigenvalue weighted by atomic mass is 35.5. The quantitative estimate of drug-likeness (QED) is 0.921. The van der Waals surface area contributed by atoms with Gasteiger partial charge in [-0.2, -0.15) is 0 Å². The van der Waals surface area contributed by atoms with Crippen LogP contribution in [-0.4, -0.2) is 40.6 Å². The molecule has 1 amide bonds. The molecule has 4 nitrogen and oxygen atoms in total. The summed E-state index contributed by atoms with van der Waals surface area (Å²) in [6.45, 7) is -0.258. The van der Waals surface area contributed by atoms with Crippen LogP contribution in [0, 0.1) is 0 Å². The molecule has 0 aliphatic carbocycles. The number of carbonyl (C=O) groups is 2. The molecule has 2 rings (SSSR count). The molecule has 0 radical (unpaired) electrons. The summed E-state index contributed by atoms with van der Waals surface area (Å²) in [6.07, 6.45) is 0.451. The Morgan fingerprint density at radius 2 is 2.05 bits per heavy atom. The molecule has 1 saturated heterocycles. The monoisotopic (exact) mass is 333 g/mol. The SMILES string of the molecule is O=C(CCc1ccc(Cl)c(Cl)c1)N1CCC(F)(C(=O)O)C1. The lowest BCUT2D eigenvalue weighted by molar-refractivity contribution is -0.150. The molecule has 1 aromatic carbocycles. The van der Waals surface area contributed by atoms with E-state index in [1.54, 1.807) is 18.2 Å². The number of rotatable bonds is 4. The van der Waals surface area contributed by atoms with Crippen molar-refractivity contribution in [1.82, 2.24) is 4.90 Å². The summed E-state index contributed by atoms with van der Waals surface area (Å²) in [4.78, 5) is 24.0. The Kier molecular flexibility index (Phi) is 4.74. The number of aryl methyl sites for hydroxylation is 1. The molecule has 114 valence electrons. The summed E-state index contributed by atoms with van der Waals surface area (Å²) in [5, 5.41) is 9.65. The van der Waals surface area contributed by atoms with Crippen LogP contribution in [0.25, 0.3) is 0 Å². The van der Waals surface area contributed by atoms with Gasteiger partial charge in [-0.25, -0.2) is 9.18 Å². The topological polar surface area (TPSA) is 57.6 Å². The average molecular weight is 334 g/mol. The molecule has 1 unspecified atom stereocenters. The number of aliphatic carboxylic acids is 1. The van der Waals surface area contributed by atoms with Crippen LogP contribution in [0.2, 0.25) is 10.0 Å². The number of benzene rings is 1. The van der Waals surface area contributed by atoms with Crippen molar-refractivity contribution < 1.29 is 19.1 Å². The summed E-state index contributed by atoms with van der Waals surface area (Å²) in [7, 11) is 0. The van der Waals surface area contributed by atoms with Gasteiger partial charge in [-0.3, -0.25) is 4.79 Å². The number of hydrogen-bond donors (Lipinski definition) is 1. The lowest BCUT2D eigenvalue weighted by atomic mass is 10.1. The van der Waals surface area contributed by atoms with E-state index in [-0.39, 0.29) is 31.8 Å². The van der Waals surface area contributed by atoms with Crippen LogP contribution in [0.4, 0.5) is 4.39 Å². The number of likely N-dealkylation sites (tertiary alicyclic amines) is 1. The van der Waals surface area contributed by atoms with Crippen LogP contribution in [0.3, 0.4) is 0 Å². The number of halogens is 3. The number of alkyl halides is 1. The number of carboxylic acid groups (broad SMARTS) is 1. The van der Waals surface area contributed by atoms with Crippen LogP contribution in [0.1, 0.15) is 18.4 Å². The van der Waals surface area contributed by atoms with E-state index in [1.807, 2.05) is 0 Å². The van der Waals surface area contributed by atoms with Gasteiger partial charge in [-0.1, -0.05) is 29.3 Å². The van der Waals surface area contributed by atoms with Gasteiger partial charge in [0.25, 0.3) is 0 Å². The molecule has 1 fully saturated rings. The van der Waals surface area contributed by atoms with E-state index in [1.165, 1.54) is 4.90 Å². The minimum Gasteiger partial charge on any atom is -0.479 e. The van der Waals surface area contributed by atoms with Crippen LogP contribution in [0.5, 0.6) is 0 Å². The molecule has 1 aliphatic rings. The highest BCUT2D eigenvalue weighted by Crippen LogP contribution is 2.27. The molecule has 7 heteroatoms. The summed E-state index contributed by atoms with van der Waals surface area (Å²) < 4.78 is 13.9. The van der Waals surface area contributed by atoms with E-state index < -0.39 is 11.6 Å². The molecule has 0 spiro atoms. The van der Waals surface area contributed by atoms with E-state index >= 15 is 0 Å². The second-order valence-corrected chi connectivity index (χ2v) is 5.90. The zero-order valence-corrected chi connectivity index (χ0v) is 12.6. The number of carbonyl (C=O) groups excluding carboxylic acids is 1. The summed E-state index contributed by atoms with van der Waals surface area (Å²) >= 11 is 11.7. The van der Waals surface area contributed by atoms with Gasteiger partial charge >= 0.3 is 5.97 Å². The van der Waals surface area contributed by atoms with Crippen LogP contribution < -0.4 is 0 Å². The Morgan fingerprint density at radius 3 is 2.62 bits per heavy atom. The van der Waals surface area contributed by atoms with Crippen molar-refractivity contribution in [2.45, 2.75) is 24.9 Å². The van der Waals surface area contributed by atoms with Gasteiger partial charge in [0.15, 0.2) is 0 Å². The van der Waals surface area contributed by atoms with Crippen molar-refractivity contribution in [3.63, 3.8) is 0 Å². The molecule has 21 heavy (non-hydrogen) atoms. The first kappa shape index (κ1) is 16.0. The van der Waals surface area contributed by atoms with Crippen molar-refractivity contribution in [2.24, 2.45) is 0 Å². The molecule has 0 bridgehead atoms. The highest BCUT2D eigenvalue weighted by molar-refractivity contribution is 6.42. The van der Waals surface area contributed by atoms with Crippen molar-refractivity contribution >= 4 is 35.1 Å². The Morgan fingerprint density at radius 1 is 1.33 bits per heavy atom. The van der Waals surface area contributed by atoms with Gasteiger partial charge in [0.05, 0.1) is 16.6 Å². The van der Waals surface area contributed by atoms with E-state index in [9.17, 15) is 14.0 Å². The first-order valence-electron chi connectivity index (χ1n) is 6.46. The predicted molar refractivity (Wildman–Crippen MR) is 77.5 cm³/mol. The zero-order valence-electron chi connectivity index (χ0n) is 11.1. The fourth-order valence-electron chi connectivity index (χ4n) is 2.26. The second kappa shape index (κ2) is 6.20. The van der Waals surface area contributed by atoms with Crippen LogP contribution >= 0.6 is 23.2 Å². The van der Waals surface area contributed by atoms with E-state index in [0.29, 0.717) is 16.5 Å². The maximum atomic E-state index is 13.9. The van der Waals surface area contributed by atoms with Gasteiger partial charge in [-0.15, -0.1) is 0 Å². The number of amides is 1. The van der Waals surface area contributed by atoms with Crippen molar-refractivity contribution in [3.8, 4) is 0 Å². The maximum absolute atomic E-state index is 13.9. The molecule has 1 atom stereocenters. The largest absolute Gasteiger partial charge is 0.479 e. The Hall–Kier alpha value is -1.33. The van der Waals surface area contributed by atoms with Crippen LogP contribution in [-0.2, 0) is 16.0 Å². The van der Waals surface area contributed by atoms with Crippen molar-refractivity contribution in [2.75, 3.05) is 13.1 Å². The third kappa shape index (κ3) is 3.66. The maximum Gasteiger partial charge on any atom is 0.343 e. The highest BCUT2D eigenvalue weighted by Gasteiger charge is 2.46. The summed E-state index contributed by atoms with van der Waals surface area (Å²) in [6, 6.07) is 5.09. The lowest BCUT2D eigenvalue weighted by Gasteiger charge is -2.17. The fraction of sp³-hybridized carbons (Fsp3) is 0.429. The third-order valence-corrected chi connectivity index (χ3v) is 4.31. The van der Waals surface area contributed by atoms with E-state index in [0.717, 1.165) is 5.56 Å². The first-order chi connectivity index (χ1) is 9.82. The van der Waals surface area contributed by atoms with E-state index in [4.69, 9.17) is 28.3 Å². The standard InChI is InChI=1S/C14H14Cl2FNO3/c15-10-3-1-9(7-11(10)16)2-4-12(19)18-6-5-14(17,8-18)13(20)21/h1,3,7H,2,4-6,8H2,(H,20,21). The average Bonchev–Trinajstić information content (AvgIpc) is 2.84. The lowest BCUT2D eigenvalue weighted by Crippen LogP contribution is -2.38. The first-order valence-corrected chi connectivity index (χ1v) is 7.21. The molecular formula is C14H14Cl2FNO3. The van der Waals surface area contributed by atoms with Gasteiger partial charge in [0, 0.05) is 19.4 Å². The zero-order chi connectivity index (χ0) is 15.6. The van der Waals surface area contributed by atoms with Crippen LogP contribution in [0.15, 0.2) is 18.2 Å².